The molecule has 2 aromatic rings. The Morgan fingerprint density at radius 2 is 1.29 bits per heavy atom. The van der Waals surface area contributed by atoms with E-state index < -0.39 is 24.1 Å². The van der Waals surface area contributed by atoms with Crippen LogP contribution in [-0.2, 0) is 32.2 Å². The molecule has 4 rings (SSSR count). The first-order chi connectivity index (χ1) is 23.2. The van der Waals surface area contributed by atoms with Crippen LogP contribution in [0, 0.1) is 11.8 Å². The zero-order chi connectivity index (χ0) is 34.4. The van der Waals surface area contributed by atoms with E-state index in [4.69, 9.17) is 14.2 Å². The van der Waals surface area contributed by atoms with Crippen LogP contribution in [0.15, 0.2) is 60.7 Å². The summed E-state index contributed by atoms with van der Waals surface area (Å²) >= 11 is 0. The first-order valence-corrected chi connectivity index (χ1v) is 17.9. The Morgan fingerprint density at radius 3 is 1.83 bits per heavy atom. The summed E-state index contributed by atoms with van der Waals surface area (Å²) in [5, 5.41) is 9.51. The van der Waals surface area contributed by atoms with Crippen LogP contribution in [-0.4, -0.2) is 53.9 Å². The molecule has 2 fully saturated rings. The van der Waals surface area contributed by atoms with Gasteiger partial charge in [-0.15, -0.1) is 0 Å². The largest absolute Gasteiger partial charge is 0.445 e. The molecule has 0 aromatic heterocycles. The molecule has 48 heavy (non-hydrogen) atoms. The summed E-state index contributed by atoms with van der Waals surface area (Å²) in [6.07, 6.45) is 8.66. The van der Waals surface area contributed by atoms with Gasteiger partial charge in [-0.3, -0.25) is 10.6 Å². The van der Waals surface area contributed by atoms with Gasteiger partial charge in [-0.05, 0) is 36.3 Å². The van der Waals surface area contributed by atoms with Gasteiger partial charge >= 0.3 is 23.8 Å². The number of nitrogens with one attached hydrogen (secondary N) is 3. The van der Waals surface area contributed by atoms with Crippen molar-refractivity contribution < 1.29 is 33.1 Å². The summed E-state index contributed by atoms with van der Waals surface area (Å²) in [5.41, 5.74) is 0.675. The van der Waals surface area contributed by atoms with E-state index in [1.807, 2.05) is 88.4 Å². The normalized spacial score (nSPS) is 24.2. The van der Waals surface area contributed by atoms with Gasteiger partial charge in [0, 0.05) is 12.3 Å². The van der Waals surface area contributed by atoms with Gasteiger partial charge in [0.2, 0.25) is 0 Å². The minimum atomic E-state index is -1.11. The molecule has 2 heterocycles. The predicted octanol–water partition coefficient (Wildman–Crippen LogP) is 7.34. The number of amides is 3. The Hall–Kier alpha value is -3.47. The van der Waals surface area contributed by atoms with Crippen LogP contribution in [0.5, 0.6) is 0 Å². The van der Waals surface area contributed by atoms with E-state index in [0.717, 1.165) is 49.7 Å². The van der Waals surface area contributed by atoms with Crippen molar-refractivity contribution in [2.45, 2.75) is 123 Å². The molecule has 264 valence electrons. The van der Waals surface area contributed by atoms with Crippen molar-refractivity contribution >= 4 is 18.1 Å². The number of benzene rings is 2. The van der Waals surface area contributed by atoms with Crippen LogP contribution < -0.4 is 16.0 Å². The lowest BCUT2D eigenvalue weighted by atomic mass is 10.0. The van der Waals surface area contributed by atoms with Crippen molar-refractivity contribution in [3.05, 3.63) is 71.8 Å². The molecule has 3 N–H and O–H groups in total. The lowest BCUT2D eigenvalue weighted by Gasteiger charge is -2.34. The summed E-state index contributed by atoms with van der Waals surface area (Å²) in [7, 11) is 0. The minimum Gasteiger partial charge on any atom is -0.445 e. The molecule has 0 aliphatic carbocycles. The molecule has 2 aliphatic heterocycles. The van der Waals surface area contributed by atoms with Gasteiger partial charge in [0.05, 0.1) is 6.54 Å². The molecular weight excluding hydrogens is 608 g/mol. The monoisotopic (exact) mass is 665 g/mol. The Bertz CT molecular complexity index is 1290. The van der Waals surface area contributed by atoms with Gasteiger partial charge < -0.3 is 14.2 Å². The van der Waals surface area contributed by atoms with E-state index in [1.54, 1.807) is 0 Å². The maximum absolute atomic E-state index is 14.4. The molecule has 0 bridgehead atoms. The SMILES string of the molecule is CC(C)C(NC(=O)OCc1ccccc1)OCNC1CCCCCCCCCCC[N+]12C(=O)C2(NC(=O)OCc1ccccc1)C(C)C. The zero-order valence-electron chi connectivity index (χ0n) is 29.4. The predicted molar refractivity (Wildman–Crippen MR) is 185 cm³/mol. The Morgan fingerprint density at radius 1 is 0.771 bits per heavy atom. The topological polar surface area (TPSA) is 115 Å². The number of carbonyl (C=O) groups is 3. The fraction of sp³-hybridized carbons (Fsp3) is 0.605. The maximum Gasteiger partial charge on any atom is 0.412 e. The molecule has 3 amide bonds. The summed E-state index contributed by atoms with van der Waals surface area (Å²) in [6.45, 7) is 8.96. The average molecular weight is 666 g/mol. The lowest BCUT2D eigenvalue weighted by Crippen LogP contribution is -2.60. The van der Waals surface area contributed by atoms with Crippen molar-refractivity contribution in [1.82, 2.24) is 16.0 Å². The summed E-state index contributed by atoms with van der Waals surface area (Å²) in [5.74, 6) is -0.192. The lowest BCUT2D eigenvalue weighted by molar-refractivity contribution is -0.834. The Balaban J connectivity index is 1.48. The average Bonchev–Trinajstić information content (AvgIpc) is 3.60. The van der Waals surface area contributed by atoms with Crippen LogP contribution in [0.2, 0.25) is 0 Å². The van der Waals surface area contributed by atoms with Crippen molar-refractivity contribution in [2.75, 3.05) is 13.3 Å². The van der Waals surface area contributed by atoms with E-state index in [2.05, 4.69) is 16.0 Å². The second kappa shape index (κ2) is 18.3. The molecule has 2 aromatic carbocycles. The van der Waals surface area contributed by atoms with Gasteiger partial charge in [0.1, 0.15) is 26.2 Å². The zero-order valence-corrected chi connectivity index (χ0v) is 29.4. The van der Waals surface area contributed by atoms with Crippen LogP contribution in [0.4, 0.5) is 9.59 Å². The van der Waals surface area contributed by atoms with Crippen LogP contribution >= 0.6 is 0 Å². The molecule has 10 heteroatoms. The van der Waals surface area contributed by atoms with Gasteiger partial charge in [-0.25, -0.2) is 24.2 Å². The van der Waals surface area contributed by atoms with Crippen molar-refractivity contribution in [2.24, 2.45) is 11.8 Å². The number of hydrogen-bond acceptors (Lipinski definition) is 7. The first-order valence-electron chi connectivity index (χ1n) is 17.9. The van der Waals surface area contributed by atoms with Gasteiger partial charge in [-0.1, -0.05) is 127 Å². The highest BCUT2D eigenvalue weighted by Crippen LogP contribution is 2.51. The van der Waals surface area contributed by atoms with E-state index in [0.29, 0.717) is 6.54 Å². The number of carbonyl (C=O) groups excluding carboxylic acids is 3. The van der Waals surface area contributed by atoms with Gasteiger partial charge in [-0.2, -0.15) is 0 Å². The number of nitrogens with zero attached hydrogens (tertiary/aromatic N) is 1. The number of quaternary nitrogens is 1. The van der Waals surface area contributed by atoms with Crippen LogP contribution in [0.3, 0.4) is 0 Å². The van der Waals surface area contributed by atoms with E-state index in [1.165, 1.54) is 25.7 Å². The fourth-order valence-corrected chi connectivity index (χ4v) is 7.08. The summed E-state index contributed by atoms with van der Waals surface area (Å²) in [4.78, 5) is 40.3. The van der Waals surface area contributed by atoms with Crippen molar-refractivity contribution in [1.29, 1.82) is 0 Å². The standard InChI is InChI=1S/C38H56N4O6/c1-29(2)34(40-36(44)46-26-31-20-14-12-15-21-31)48-28-39-33-24-18-10-8-6-5-7-9-11-19-25-42(33)35(43)38(42,30(3)4)41-37(45)47-27-32-22-16-13-17-23-32/h12-17,20-23,29-30,33-34,39H,5-11,18-19,24-28H2,1-4H3,(H-,40,41,44,45)/p+1. The number of rotatable bonds is 12. The van der Waals surface area contributed by atoms with Crippen LogP contribution in [0.25, 0.3) is 0 Å². The third-order valence-electron chi connectivity index (χ3n) is 9.79. The first kappa shape index (κ1) is 37.4. The number of ether oxygens (including phenoxy) is 3. The van der Waals surface area contributed by atoms with E-state index in [9.17, 15) is 14.4 Å². The molecular formula is C38H57N4O6+. The van der Waals surface area contributed by atoms with E-state index >= 15 is 0 Å². The molecule has 10 nitrogen and oxygen atoms in total. The number of hydrogen-bond donors (Lipinski definition) is 3. The molecule has 2 aliphatic rings. The highest BCUT2D eigenvalue weighted by Gasteiger charge is 2.85. The highest BCUT2D eigenvalue weighted by atomic mass is 16.6. The minimum absolute atomic E-state index is 0.00422. The quantitative estimate of drug-likeness (QED) is 0.124. The molecule has 1 spiro atoms. The van der Waals surface area contributed by atoms with Crippen molar-refractivity contribution in [3.8, 4) is 0 Å². The van der Waals surface area contributed by atoms with Gasteiger partial charge in [0.25, 0.3) is 0 Å². The molecule has 4 atom stereocenters. The summed E-state index contributed by atoms with van der Waals surface area (Å²) in [6, 6.07) is 19.1. The molecule has 4 unspecified atom stereocenters. The van der Waals surface area contributed by atoms with Crippen molar-refractivity contribution in [3.63, 3.8) is 0 Å². The molecule has 2 saturated heterocycles. The fourth-order valence-electron chi connectivity index (χ4n) is 7.08. The Kier molecular flexibility index (Phi) is 14.3. The second-order valence-corrected chi connectivity index (χ2v) is 13.9. The number of alkyl carbamates (subject to hydrolysis) is 2. The maximum atomic E-state index is 14.4. The second-order valence-electron chi connectivity index (χ2n) is 13.9. The molecule has 0 radical (unpaired) electrons. The van der Waals surface area contributed by atoms with Crippen LogP contribution in [0.1, 0.15) is 103 Å². The molecule has 0 saturated carbocycles. The third-order valence-corrected chi connectivity index (χ3v) is 9.79. The van der Waals surface area contributed by atoms with E-state index in [-0.39, 0.29) is 48.3 Å². The Labute approximate surface area is 286 Å². The van der Waals surface area contributed by atoms with Gasteiger partial charge in [0.15, 0.2) is 6.17 Å². The third kappa shape index (κ3) is 9.57. The summed E-state index contributed by atoms with van der Waals surface area (Å²) < 4.78 is 17.4. The smallest absolute Gasteiger partial charge is 0.412 e. The highest BCUT2D eigenvalue weighted by molar-refractivity contribution is 5.95.